The predicted octanol–water partition coefficient (Wildman–Crippen LogP) is 1.90. The van der Waals surface area contributed by atoms with Gasteiger partial charge in [-0.3, -0.25) is 10.1 Å². The Balaban J connectivity index is 2.32. The van der Waals surface area contributed by atoms with E-state index in [1.165, 1.54) is 18.6 Å². The van der Waals surface area contributed by atoms with E-state index >= 15 is 0 Å². The van der Waals surface area contributed by atoms with Crippen LogP contribution < -0.4 is 16.2 Å². The number of nitrogens with one attached hydrogen (secondary N) is 1. The second-order valence-electron chi connectivity index (χ2n) is 4.80. The third kappa shape index (κ3) is 2.93. The molecule has 0 amide bonds. The summed E-state index contributed by atoms with van der Waals surface area (Å²) in [6.07, 6.45) is 3.30. The Bertz CT molecular complexity index is 465. The molecule has 104 valence electrons. The molecule has 1 aliphatic heterocycles. The normalized spacial score (nSPS) is 19.3. The number of nitrogens with two attached hydrogens (primary N) is 1. The maximum Gasteiger partial charge on any atom is 0.311 e. The van der Waals surface area contributed by atoms with Gasteiger partial charge >= 0.3 is 5.69 Å². The number of aromatic nitrogens is 1. The van der Waals surface area contributed by atoms with Crippen molar-refractivity contribution in [1.29, 1.82) is 0 Å². The summed E-state index contributed by atoms with van der Waals surface area (Å²) in [5.41, 5.74) is 2.48. The minimum atomic E-state index is -0.391. The van der Waals surface area contributed by atoms with Gasteiger partial charge in [-0.15, -0.1) is 0 Å². The van der Waals surface area contributed by atoms with Gasteiger partial charge in [0.1, 0.15) is 5.82 Å². The summed E-state index contributed by atoms with van der Waals surface area (Å²) in [7, 11) is 0. The second kappa shape index (κ2) is 5.83. The zero-order valence-corrected chi connectivity index (χ0v) is 11.0. The fraction of sp³-hybridized carbons (Fsp3) is 0.583. The molecule has 2 heterocycles. The van der Waals surface area contributed by atoms with Crippen molar-refractivity contribution in [2.45, 2.75) is 26.2 Å². The molecule has 0 spiro atoms. The first-order valence-electron chi connectivity index (χ1n) is 6.52. The first kappa shape index (κ1) is 13.5. The van der Waals surface area contributed by atoms with Gasteiger partial charge in [0.2, 0.25) is 5.82 Å². The summed E-state index contributed by atoms with van der Waals surface area (Å²) in [5.74, 6) is 6.76. The lowest BCUT2D eigenvalue weighted by atomic mass is 9.95. The molecule has 1 atom stereocenters. The van der Waals surface area contributed by atoms with Gasteiger partial charge in [-0.1, -0.05) is 13.3 Å². The molecule has 0 aliphatic carbocycles. The van der Waals surface area contributed by atoms with E-state index in [0.717, 1.165) is 25.9 Å². The van der Waals surface area contributed by atoms with Crippen molar-refractivity contribution in [2.75, 3.05) is 23.4 Å². The molecule has 0 radical (unpaired) electrons. The van der Waals surface area contributed by atoms with Crippen molar-refractivity contribution in [3.05, 3.63) is 22.2 Å². The van der Waals surface area contributed by atoms with Crippen molar-refractivity contribution in [3.63, 3.8) is 0 Å². The van der Waals surface area contributed by atoms with Gasteiger partial charge < -0.3 is 10.3 Å². The molecule has 0 bridgehead atoms. The summed E-state index contributed by atoms with van der Waals surface area (Å²) in [6, 6.07) is 2.97. The van der Waals surface area contributed by atoms with E-state index in [4.69, 9.17) is 5.84 Å². The molecular weight excluding hydrogens is 246 g/mol. The number of nitrogens with zero attached hydrogens (tertiary/aromatic N) is 3. The Morgan fingerprint density at radius 3 is 3.05 bits per heavy atom. The number of nitrogen functional groups attached to an aromatic ring is 1. The van der Waals surface area contributed by atoms with Crippen LogP contribution in [0.2, 0.25) is 0 Å². The Hall–Kier alpha value is -1.89. The number of rotatable bonds is 4. The molecule has 1 aromatic heterocycles. The fourth-order valence-corrected chi connectivity index (χ4v) is 2.49. The van der Waals surface area contributed by atoms with Crippen LogP contribution in [0.15, 0.2) is 12.1 Å². The lowest BCUT2D eigenvalue weighted by molar-refractivity contribution is -0.384. The van der Waals surface area contributed by atoms with Gasteiger partial charge in [-0.2, -0.15) is 0 Å². The molecule has 1 aliphatic rings. The predicted molar refractivity (Wildman–Crippen MR) is 73.9 cm³/mol. The highest BCUT2D eigenvalue weighted by atomic mass is 16.6. The van der Waals surface area contributed by atoms with Crippen molar-refractivity contribution >= 4 is 17.3 Å². The maximum absolute atomic E-state index is 11.1. The van der Waals surface area contributed by atoms with E-state index in [1.807, 2.05) is 4.90 Å². The lowest BCUT2D eigenvalue weighted by Gasteiger charge is -2.32. The van der Waals surface area contributed by atoms with Crippen molar-refractivity contribution in [3.8, 4) is 0 Å². The molecule has 19 heavy (non-hydrogen) atoms. The Kier molecular flexibility index (Phi) is 4.16. The zero-order chi connectivity index (χ0) is 13.8. The fourth-order valence-electron chi connectivity index (χ4n) is 2.49. The standard InChI is InChI=1S/C12H19N5O2/c1-2-9-4-3-7-16(8-9)12-10(17(18)19)5-6-11(14-12)15-13/h5-6,9H,2-4,7-8,13H2,1H3,(H,14,15). The number of hydrogen-bond acceptors (Lipinski definition) is 6. The lowest BCUT2D eigenvalue weighted by Crippen LogP contribution is -2.36. The average Bonchev–Trinajstić information content (AvgIpc) is 2.46. The minimum absolute atomic E-state index is 0.0377. The van der Waals surface area contributed by atoms with Crippen molar-refractivity contribution in [1.82, 2.24) is 4.98 Å². The van der Waals surface area contributed by atoms with Crippen LogP contribution in [0.25, 0.3) is 0 Å². The van der Waals surface area contributed by atoms with Gasteiger partial charge in [0, 0.05) is 19.2 Å². The quantitative estimate of drug-likeness (QED) is 0.490. The minimum Gasteiger partial charge on any atom is -0.351 e. The summed E-state index contributed by atoms with van der Waals surface area (Å²) in [6.45, 7) is 3.77. The van der Waals surface area contributed by atoms with Crippen molar-refractivity contribution in [2.24, 2.45) is 11.8 Å². The number of pyridine rings is 1. The first-order chi connectivity index (χ1) is 9.15. The molecule has 1 unspecified atom stereocenters. The molecule has 0 aromatic carbocycles. The van der Waals surface area contributed by atoms with Crippen LogP contribution in [0.3, 0.4) is 0 Å². The Morgan fingerprint density at radius 1 is 1.63 bits per heavy atom. The SMILES string of the molecule is CCC1CCCN(c2nc(NN)ccc2[N+](=O)[O-])C1. The third-order valence-corrected chi connectivity index (χ3v) is 3.59. The molecule has 7 nitrogen and oxygen atoms in total. The number of piperidine rings is 1. The maximum atomic E-state index is 11.1. The summed E-state index contributed by atoms with van der Waals surface area (Å²) >= 11 is 0. The van der Waals surface area contributed by atoms with Gasteiger partial charge in [0.05, 0.1) is 4.92 Å². The molecule has 1 fully saturated rings. The molecular formula is C12H19N5O2. The summed E-state index contributed by atoms with van der Waals surface area (Å²) in [5, 5.41) is 11.1. The average molecular weight is 265 g/mol. The van der Waals surface area contributed by atoms with Crippen LogP contribution in [0.4, 0.5) is 17.3 Å². The second-order valence-corrected chi connectivity index (χ2v) is 4.80. The van der Waals surface area contributed by atoms with E-state index in [-0.39, 0.29) is 5.69 Å². The summed E-state index contributed by atoms with van der Waals surface area (Å²) in [4.78, 5) is 17.0. The highest BCUT2D eigenvalue weighted by Gasteiger charge is 2.26. The number of anilines is 2. The largest absolute Gasteiger partial charge is 0.351 e. The van der Waals surface area contributed by atoms with Crippen molar-refractivity contribution < 1.29 is 4.92 Å². The van der Waals surface area contributed by atoms with E-state index in [1.54, 1.807) is 0 Å². The van der Waals surface area contributed by atoms with E-state index in [2.05, 4.69) is 17.3 Å². The molecule has 3 N–H and O–H groups in total. The third-order valence-electron chi connectivity index (χ3n) is 3.59. The monoisotopic (exact) mass is 265 g/mol. The Labute approximate surface area is 111 Å². The molecule has 2 rings (SSSR count). The molecule has 1 aromatic rings. The van der Waals surface area contributed by atoms with Gasteiger partial charge in [0.25, 0.3) is 0 Å². The van der Waals surface area contributed by atoms with Gasteiger partial charge in [-0.05, 0) is 24.8 Å². The smallest absolute Gasteiger partial charge is 0.311 e. The highest BCUT2D eigenvalue weighted by Crippen LogP contribution is 2.31. The number of hydrogen-bond donors (Lipinski definition) is 2. The van der Waals surface area contributed by atoms with Crippen LogP contribution in [-0.4, -0.2) is 23.0 Å². The number of nitro groups is 1. The van der Waals surface area contributed by atoms with Crippen LogP contribution >= 0.6 is 0 Å². The molecule has 7 heteroatoms. The van der Waals surface area contributed by atoms with Crippen LogP contribution in [0.1, 0.15) is 26.2 Å². The van der Waals surface area contributed by atoms with Crippen LogP contribution in [0.5, 0.6) is 0 Å². The van der Waals surface area contributed by atoms with Crippen LogP contribution in [-0.2, 0) is 0 Å². The molecule has 0 saturated carbocycles. The van der Waals surface area contributed by atoms with E-state index in [9.17, 15) is 10.1 Å². The van der Waals surface area contributed by atoms with Gasteiger partial charge in [0.15, 0.2) is 0 Å². The summed E-state index contributed by atoms with van der Waals surface area (Å²) < 4.78 is 0. The Morgan fingerprint density at radius 2 is 2.42 bits per heavy atom. The highest BCUT2D eigenvalue weighted by molar-refractivity contribution is 5.61. The number of hydrazine groups is 1. The topological polar surface area (TPSA) is 97.3 Å². The van der Waals surface area contributed by atoms with E-state index < -0.39 is 4.92 Å². The first-order valence-corrected chi connectivity index (χ1v) is 6.52. The van der Waals surface area contributed by atoms with E-state index in [0.29, 0.717) is 17.6 Å². The zero-order valence-electron chi connectivity index (χ0n) is 11.0. The van der Waals surface area contributed by atoms with Crippen LogP contribution in [0, 0.1) is 16.0 Å². The van der Waals surface area contributed by atoms with Gasteiger partial charge in [-0.25, -0.2) is 10.8 Å². The molecule has 1 saturated heterocycles.